The number of para-hydroxylation sites is 1. The average molecular weight is 1180 g/mol. The van der Waals surface area contributed by atoms with Crippen LogP contribution in [0.25, 0.3) is 83.1 Å². The van der Waals surface area contributed by atoms with Gasteiger partial charge in [0.1, 0.15) is 11.5 Å². The summed E-state index contributed by atoms with van der Waals surface area (Å²) in [5, 5.41) is 2.18. The van der Waals surface area contributed by atoms with Gasteiger partial charge in [0.15, 0.2) is 0 Å². The van der Waals surface area contributed by atoms with Crippen molar-refractivity contribution in [3.8, 4) is 72.8 Å². The van der Waals surface area contributed by atoms with E-state index in [2.05, 4.69) is 118 Å². The molecule has 0 N–H and O–H groups in total. The second kappa shape index (κ2) is 20.7. The van der Waals surface area contributed by atoms with Gasteiger partial charge in [-0.3, -0.25) is 0 Å². The van der Waals surface area contributed by atoms with E-state index >= 15 is 0 Å². The fourth-order valence-corrected chi connectivity index (χ4v) is 14.7. The largest absolute Gasteiger partial charge is 0.458 e. The first-order valence-corrected chi connectivity index (χ1v) is 30.9. The molecule has 2 aliphatic heterocycles. The van der Waals surface area contributed by atoms with E-state index in [1.165, 1.54) is 11.1 Å². The third-order valence-electron chi connectivity index (χ3n) is 18.9. The first kappa shape index (κ1) is 40.8. The lowest BCUT2D eigenvalue weighted by atomic mass is 9.34. The average Bonchev–Trinajstić information content (AvgIpc) is 1.09. The number of ether oxygens (including phenoxy) is 1. The third-order valence-corrected chi connectivity index (χ3v) is 18.9. The molecule has 0 radical (unpaired) electrons. The van der Waals surface area contributed by atoms with Crippen LogP contribution in [0.2, 0.25) is 0 Å². The van der Waals surface area contributed by atoms with E-state index in [1.54, 1.807) is 12.1 Å². The fraction of sp³-hybridized carbons (Fsp3) is 0.103. The van der Waals surface area contributed by atoms with Gasteiger partial charge >= 0.3 is 0 Å². The van der Waals surface area contributed by atoms with Crippen molar-refractivity contribution in [2.45, 2.75) is 57.8 Å². The van der Waals surface area contributed by atoms with Gasteiger partial charge in [0.25, 0.3) is 6.71 Å². The van der Waals surface area contributed by atoms with E-state index in [0.29, 0.717) is 61.9 Å². The van der Waals surface area contributed by atoms with Crippen LogP contribution in [-0.2, 0) is 16.2 Å². The van der Waals surface area contributed by atoms with Crippen LogP contribution in [0.5, 0.6) is 11.5 Å². The molecule has 91 heavy (non-hydrogen) atoms. The Labute approximate surface area is 555 Å². The maximum Gasteiger partial charge on any atom is 0.256 e. The van der Waals surface area contributed by atoms with Crippen LogP contribution in [-0.4, -0.2) is 11.3 Å². The van der Waals surface area contributed by atoms with Crippen LogP contribution < -0.4 is 26.0 Å². The number of anilines is 3. The minimum absolute atomic E-state index is 0.00268. The maximum atomic E-state index is 10.0. The number of rotatable bonds is 8. The SMILES string of the molecule is [2H]c1c([2H])c([2H])c(-c2ccc3c(c2)N(c2c(-c4ccccc4)cccc2-c2ccccc2)c2cc(-c4cccc5c4C(c4c([2H])c([2H])c([2H])c([2H])c4[2H])(c4c([2H])c([2H])c([2H])c([2H])c4[2H])c4ccccc4-5)cc4c2B3c2ccc(-n3c5ccc(C(C)(C)C)cc5c5cc(C(C)(C)C)ccc53)cc2O4)c([2H])c1[2H]. The summed E-state index contributed by atoms with van der Waals surface area (Å²) in [6.07, 6.45) is 0. The number of hydrogen-bond donors (Lipinski definition) is 0. The summed E-state index contributed by atoms with van der Waals surface area (Å²) < 4.78 is 151. The quantitative estimate of drug-likeness (QED) is 0.141. The van der Waals surface area contributed by atoms with Crippen molar-refractivity contribution in [2.24, 2.45) is 0 Å². The molecule has 0 bridgehead atoms. The Hall–Kier alpha value is -10.7. The van der Waals surface area contributed by atoms with Gasteiger partial charge in [-0.2, -0.15) is 0 Å². The van der Waals surface area contributed by atoms with Crippen molar-refractivity contribution < 1.29 is 25.3 Å². The Morgan fingerprint density at radius 3 is 1.53 bits per heavy atom. The standard InChI is InChI=1S/C87H67BN2O/c1-85(2,3)63-43-48-76-71(53-63)72-54-64(86(4,5)6)44-49-77(72)89(76)65-45-47-75-80(55-65)91-81-52-60(66-37-24-40-70-69-36-22-23-41-73(69)87(82(66)70,61-32-18-10-19-33-61)62-34-20-11-21-35-62)51-79-83(81)88(75)74-46-42-59(56-26-12-7-13-27-56)50-78(74)90(79)84-67(57-28-14-8-15-29-57)38-25-39-68(84)58-30-16-9-17-31-58/h7-55H,1-6H3/i7D,10D,11D,12D,13D,18D,19D,20D,21D,26D,27D,32D,33D,34D,35D. The minimum Gasteiger partial charge on any atom is -0.458 e. The lowest BCUT2D eigenvalue weighted by Gasteiger charge is -2.42. The van der Waals surface area contributed by atoms with Crippen LogP contribution in [0.15, 0.2) is 297 Å². The zero-order valence-corrected chi connectivity index (χ0v) is 51.0. The zero-order chi connectivity index (χ0) is 74.4. The summed E-state index contributed by atoms with van der Waals surface area (Å²) in [4.78, 5) is 2.17. The number of hydrogen-bond acceptors (Lipinski definition) is 2. The third kappa shape index (κ3) is 8.49. The molecule has 434 valence electrons. The van der Waals surface area contributed by atoms with Crippen LogP contribution in [0.1, 0.15) is 95.5 Å². The van der Waals surface area contributed by atoms with E-state index in [1.807, 2.05) is 127 Å². The molecule has 3 nitrogen and oxygen atoms in total. The van der Waals surface area contributed by atoms with E-state index < -0.39 is 90.7 Å². The van der Waals surface area contributed by atoms with Crippen LogP contribution in [0, 0.1) is 0 Å². The van der Waals surface area contributed by atoms with E-state index in [4.69, 9.17) is 11.6 Å². The molecule has 0 atom stereocenters. The van der Waals surface area contributed by atoms with E-state index in [9.17, 15) is 13.7 Å². The molecule has 3 aliphatic rings. The Kier molecular flexibility index (Phi) is 9.28. The molecular formula is C87H67BN2O. The van der Waals surface area contributed by atoms with Crippen molar-refractivity contribution in [3.63, 3.8) is 0 Å². The molecule has 14 aromatic rings. The van der Waals surface area contributed by atoms with E-state index in [-0.39, 0.29) is 45.2 Å². The van der Waals surface area contributed by atoms with Gasteiger partial charge < -0.3 is 14.2 Å². The molecule has 0 amide bonds. The second-order valence-electron chi connectivity index (χ2n) is 26.0. The van der Waals surface area contributed by atoms with Gasteiger partial charge in [-0.05, 0) is 154 Å². The van der Waals surface area contributed by atoms with Gasteiger partial charge in [-0.1, -0.05) is 284 Å². The maximum absolute atomic E-state index is 10.0. The summed E-state index contributed by atoms with van der Waals surface area (Å²) in [5.74, 6) is 0.912. The molecule has 0 saturated carbocycles. The Morgan fingerprint density at radius 2 is 0.923 bits per heavy atom. The lowest BCUT2D eigenvalue weighted by Crippen LogP contribution is -2.59. The molecule has 17 rings (SSSR count). The van der Waals surface area contributed by atoms with Crippen molar-refractivity contribution in [2.75, 3.05) is 4.90 Å². The summed E-state index contributed by atoms with van der Waals surface area (Å²) >= 11 is 0. The van der Waals surface area contributed by atoms with Gasteiger partial charge in [0.05, 0.1) is 42.7 Å². The summed E-state index contributed by atoms with van der Waals surface area (Å²) in [7, 11) is 0. The molecule has 0 unspecified atom stereocenters. The normalized spacial score (nSPS) is 15.8. The van der Waals surface area contributed by atoms with Gasteiger partial charge in [0, 0.05) is 45.0 Å². The highest BCUT2D eigenvalue weighted by molar-refractivity contribution is 6.99. The monoisotopic (exact) mass is 1180 g/mol. The molecule has 13 aromatic carbocycles. The number of benzene rings is 13. The highest BCUT2D eigenvalue weighted by Gasteiger charge is 2.49. The van der Waals surface area contributed by atoms with Gasteiger partial charge in [0.2, 0.25) is 0 Å². The lowest BCUT2D eigenvalue weighted by molar-refractivity contribution is 0.487. The Bertz CT molecular complexity index is 5890. The highest BCUT2D eigenvalue weighted by atomic mass is 16.5. The molecule has 0 spiro atoms. The Balaban J connectivity index is 1.03. The van der Waals surface area contributed by atoms with Gasteiger partial charge in [-0.15, -0.1) is 0 Å². The second-order valence-corrected chi connectivity index (χ2v) is 26.0. The minimum atomic E-state index is -2.24. The van der Waals surface area contributed by atoms with Gasteiger partial charge in [-0.25, -0.2) is 0 Å². The molecule has 0 fully saturated rings. The molecule has 0 saturated heterocycles. The number of aromatic nitrogens is 1. The first-order chi connectivity index (χ1) is 50.6. The highest BCUT2D eigenvalue weighted by Crippen LogP contribution is 2.60. The molecule has 1 aliphatic carbocycles. The number of fused-ring (bicyclic) bond motifs is 10. The smallest absolute Gasteiger partial charge is 0.256 e. The van der Waals surface area contributed by atoms with Crippen LogP contribution in [0.3, 0.4) is 0 Å². The predicted octanol–water partition coefficient (Wildman–Crippen LogP) is 20.8. The van der Waals surface area contributed by atoms with Crippen LogP contribution in [0.4, 0.5) is 17.1 Å². The fourth-order valence-electron chi connectivity index (χ4n) is 14.7. The molecular weight excluding hydrogens is 1100 g/mol. The van der Waals surface area contributed by atoms with E-state index in [0.717, 1.165) is 66.1 Å². The summed E-state index contributed by atoms with van der Waals surface area (Å²) in [6.45, 7) is 12.7. The summed E-state index contributed by atoms with van der Waals surface area (Å²) in [5.41, 5.74) is 12.3. The van der Waals surface area contributed by atoms with Crippen molar-refractivity contribution >= 4 is 62.0 Å². The zero-order valence-electron chi connectivity index (χ0n) is 66.0. The van der Waals surface area contributed by atoms with Crippen molar-refractivity contribution in [1.82, 2.24) is 4.57 Å². The first-order valence-electron chi connectivity index (χ1n) is 38.4. The Morgan fingerprint density at radius 1 is 0.396 bits per heavy atom. The van der Waals surface area contributed by atoms with Crippen molar-refractivity contribution in [1.29, 1.82) is 0 Å². The van der Waals surface area contributed by atoms with Crippen LogP contribution >= 0.6 is 0 Å². The van der Waals surface area contributed by atoms with Crippen molar-refractivity contribution in [3.05, 3.63) is 330 Å². The molecule has 3 heterocycles. The molecule has 4 heteroatoms. The topological polar surface area (TPSA) is 17.4 Å². The predicted molar refractivity (Wildman–Crippen MR) is 383 cm³/mol. The molecule has 1 aromatic heterocycles. The summed E-state index contributed by atoms with van der Waals surface area (Å²) in [6, 6.07) is 59.3. The number of nitrogens with zero attached hydrogens (tertiary/aromatic N) is 2.